The van der Waals surface area contributed by atoms with E-state index in [1.807, 2.05) is 6.92 Å². The predicted octanol–water partition coefficient (Wildman–Crippen LogP) is 1.47. The van der Waals surface area contributed by atoms with Crippen molar-refractivity contribution in [3.63, 3.8) is 0 Å². The zero-order valence-electron chi connectivity index (χ0n) is 11.7. The molecule has 5 nitrogen and oxygen atoms in total. The number of carbonyl (C=O) groups is 1. The van der Waals surface area contributed by atoms with E-state index in [0.717, 1.165) is 5.75 Å². The lowest BCUT2D eigenvalue weighted by molar-refractivity contribution is -0.135. The van der Waals surface area contributed by atoms with Crippen molar-refractivity contribution in [1.29, 1.82) is 0 Å². The van der Waals surface area contributed by atoms with Crippen molar-refractivity contribution in [2.75, 3.05) is 32.8 Å². The number of nitrogens with zero attached hydrogens (tertiary/aromatic N) is 1. The molecule has 20 heavy (non-hydrogen) atoms. The molecule has 1 aromatic rings. The monoisotopic (exact) mass is 279 g/mol. The maximum Gasteiger partial charge on any atom is 0.325 e. The molecule has 110 valence electrons. The second kappa shape index (κ2) is 9.12. The first-order valence-electron chi connectivity index (χ1n) is 6.57. The van der Waals surface area contributed by atoms with Crippen LogP contribution in [0.3, 0.4) is 0 Å². The maximum atomic E-state index is 11.8. The third-order valence-electron chi connectivity index (χ3n) is 2.52. The minimum Gasteiger partial charge on any atom is -0.494 e. The summed E-state index contributed by atoms with van der Waals surface area (Å²) in [5.74, 6) is 0.839. The molecule has 0 aliphatic heterocycles. The van der Waals surface area contributed by atoms with E-state index >= 15 is 0 Å². The van der Waals surface area contributed by atoms with Crippen LogP contribution in [0.5, 0.6) is 11.5 Å². The number of hydrogen-bond donors (Lipinski definition) is 1. The zero-order valence-corrected chi connectivity index (χ0v) is 11.7. The van der Waals surface area contributed by atoms with Gasteiger partial charge in [-0.3, -0.25) is 9.69 Å². The van der Waals surface area contributed by atoms with Crippen molar-refractivity contribution < 1.29 is 19.4 Å². The van der Waals surface area contributed by atoms with Crippen LogP contribution in [0.15, 0.2) is 36.9 Å². The number of esters is 1. The molecule has 0 bridgehead atoms. The van der Waals surface area contributed by atoms with E-state index in [4.69, 9.17) is 14.6 Å². The van der Waals surface area contributed by atoms with Gasteiger partial charge in [-0.15, -0.1) is 6.58 Å². The molecule has 1 aromatic carbocycles. The summed E-state index contributed by atoms with van der Waals surface area (Å²) >= 11 is 0. The Labute approximate surface area is 119 Å². The summed E-state index contributed by atoms with van der Waals surface area (Å²) in [6, 6.07) is 6.88. The van der Waals surface area contributed by atoms with Crippen LogP contribution >= 0.6 is 0 Å². The topological polar surface area (TPSA) is 59.0 Å². The third-order valence-corrected chi connectivity index (χ3v) is 2.52. The Hall–Kier alpha value is -1.85. The van der Waals surface area contributed by atoms with E-state index in [1.54, 1.807) is 35.2 Å². The van der Waals surface area contributed by atoms with E-state index in [2.05, 4.69) is 6.58 Å². The van der Waals surface area contributed by atoms with Crippen LogP contribution in [0.1, 0.15) is 6.92 Å². The molecule has 0 amide bonds. The van der Waals surface area contributed by atoms with Crippen molar-refractivity contribution in [3.05, 3.63) is 36.9 Å². The Kier molecular flexibility index (Phi) is 7.39. The Balaban J connectivity index is 2.49. The van der Waals surface area contributed by atoms with Crippen molar-refractivity contribution in [1.82, 2.24) is 4.90 Å². The molecule has 0 aliphatic carbocycles. The van der Waals surface area contributed by atoms with Crippen LogP contribution in [-0.2, 0) is 4.79 Å². The molecule has 1 N–H and O–H groups in total. The molecular weight excluding hydrogens is 258 g/mol. The lowest BCUT2D eigenvalue weighted by atomic mass is 10.3. The van der Waals surface area contributed by atoms with Gasteiger partial charge in [-0.05, 0) is 31.2 Å². The van der Waals surface area contributed by atoms with Crippen molar-refractivity contribution in [3.8, 4) is 11.5 Å². The molecule has 0 saturated carbocycles. The first-order valence-corrected chi connectivity index (χ1v) is 6.57. The minimum absolute atomic E-state index is 0.00975. The predicted molar refractivity (Wildman–Crippen MR) is 77.0 cm³/mol. The SMILES string of the molecule is C=CCN(CCO)CC(=O)Oc1ccc(OCC)cc1. The maximum absolute atomic E-state index is 11.8. The highest BCUT2D eigenvalue weighted by Gasteiger charge is 2.11. The quantitative estimate of drug-likeness (QED) is 0.421. The molecule has 0 spiro atoms. The average molecular weight is 279 g/mol. The van der Waals surface area contributed by atoms with Gasteiger partial charge in [-0.2, -0.15) is 0 Å². The van der Waals surface area contributed by atoms with E-state index in [1.165, 1.54) is 0 Å². The summed E-state index contributed by atoms with van der Waals surface area (Å²) < 4.78 is 10.5. The lowest BCUT2D eigenvalue weighted by Gasteiger charge is -2.18. The third kappa shape index (κ3) is 5.86. The highest BCUT2D eigenvalue weighted by molar-refractivity contribution is 5.74. The largest absolute Gasteiger partial charge is 0.494 e. The van der Waals surface area contributed by atoms with Gasteiger partial charge in [0.1, 0.15) is 11.5 Å². The molecule has 0 fully saturated rings. The number of hydrogen-bond acceptors (Lipinski definition) is 5. The van der Waals surface area contributed by atoms with Crippen LogP contribution in [-0.4, -0.2) is 48.8 Å². The van der Waals surface area contributed by atoms with Gasteiger partial charge in [0.05, 0.1) is 19.8 Å². The number of benzene rings is 1. The molecule has 0 aromatic heterocycles. The molecule has 0 aliphatic rings. The fourth-order valence-corrected chi connectivity index (χ4v) is 1.68. The smallest absolute Gasteiger partial charge is 0.325 e. The summed E-state index contributed by atoms with van der Waals surface area (Å²) in [5, 5.41) is 8.91. The van der Waals surface area contributed by atoms with Gasteiger partial charge in [0.15, 0.2) is 0 Å². The zero-order chi connectivity index (χ0) is 14.8. The lowest BCUT2D eigenvalue weighted by Crippen LogP contribution is -2.34. The summed E-state index contributed by atoms with van der Waals surface area (Å²) in [6.07, 6.45) is 1.68. The molecular formula is C15H21NO4. The van der Waals surface area contributed by atoms with Gasteiger partial charge in [-0.1, -0.05) is 6.08 Å². The number of carbonyl (C=O) groups excluding carboxylic acids is 1. The fourth-order valence-electron chi connectivity index (χ4n) is 1.68. The van der Waals surface area contributed by atoms with Crippen molar-refractivity contribution >= 4 is 5.97 Å². The summed E-state index contributed by atoms with van der Waals surface area (Å²) in [7, 11) is 0. The Morgan fingerprint density at radius 3 is 2.55 bits per heavy atom. The first-order chi connectivity index (χ1) is 9.69. The normalized spacial score (nSPS) is 10.3. The van der Waals surface area contributed by atoms with Crippen LogP contribution in [0.25, 0.3) is 0 Å². The highest BCUT2D eigenvalue weighted by atomic mass is 16.5. The number of ether oxygens (including phenoxy) is 2. The van der Waals surface area contributed by atoms with Gasteiger partial charge in [0.2, 0.25) is 0 Å². The average Bonchev–Trinajstić information content (AvgIpc) is 2.42. The second-order valence-corrected chi connectivity index (χ2v) is 4.13. The Morgan fingerprint density at radius 2 is 2.00 bits per heavy atom. The van der Waals surface area contributed by atoms with Gasteiger partial charge < -0.3 is 14.6 Å². The van der Waals surface area contributed by atoms with Gasteiger partial charge >= 0.3 is 5.97 Å². The van der Waals surface area contributed by atoms with Crippen LogP contribution in [0, 0.1) is 0 Å². The molecule has 0 saturated heterocycles. The molecule has 0 heterocycles. The molecule has 0 radical (unpaired) electrons. The molecule has 0 atom stereocenters. The second-order valence-electron chi connectivity index (χ2n) is 4.13. The number of aliphatic hydroxyl groups excluding tert-OH is 1. The standard InChI is InChI=1S/C15H21NO4/c1-3-9-16(10-11-17)12-15(18)20-14-7-5-13(6-8-14)19-4-2/h3,5-8,17H,1,4,9-12H2,2H3. The van der Waals surface area contributed by atoms with Gasteiger partial charge in [0.25, 0.3) is 0 Å². The van der Waals surface area contributed by atoms with Gasteiger partial charge in [-0.25, -0.2) is 0 Å². The highest BCUT2D eigenvalue weighted by Crippen LogP contribution is 2.17. The number of aliphatic hydroxyl groups is 1. The summed E-state index contributed by atoms with van der Waals surface area (Å²) in [6.45, 7) is 7.15. The minimum atomic E-state index is -0.371. The van der Waals surface area contributed by atoms with E-state index in [-0.39, 0.29) is 19.1 Å². The van der Waals surface area contributed by atoms with Crippen LogP contribution < -0.4 is 9.47 Å². The number of rotatable bonds is 9. The van der Waals surface area contributed by atoms with Crippen molar-refractivity contribution in [2.45, 2.75) is 6.92 Å². The van der Waals surface area contributed by atoms with E-state index < -0.39 is 0 Å². The molecule has 0 unspecified atom stereocenters. The van der Waals surface area contributed by atoms with Gasteiger partial charge in [0, 0.05) is 13.1 Å². The molecule has 5 heteroatoms. The van der Waals surface area contributed by atoms with Crippen LogP contribution in [0.2, 0.25) is 0 Å². The fraction of sp³-hybridized carbons (Fsp3) is 0.400. The van der Waals surface area contributed by atoms with Crippen molar-refractivity contribution in [2.24, 2.45) is 0 Å². The Morgan fingerprint density at radius 1 is 1.35 bits per heavy atom. The Bertz CT molecular complexity index is 416. The van der Waals surface area contributed by atoms with E-state index in [0.29, 0.717) is 25.4 Å². The first kappa shape index (κ1) is 16.2. The summed E-state index contributed by atoms with van der Waals surface area (Å²) in [4.78, 5) is 13.5. The van der Waals surface area contributed by atoms with E-state index in [9.17, 15) is 4.79 Å². The summed E-state index contributed by atoms with van der Waals surface area (Å²) in [5.41, 5.74) is 0. The van der Waals surface area contributed by atoms with Crippen LogP contribution in [0.4, 0.5) is 0 Å². The molecule has 1 rings (SSSR count).